The molecule has 0 aromatic carbocycles. The zero-order valence-electron chi connectivity index (χ0n) is 10.1. The van der Waals surface area contributed by atoms with Gasteiger partial charge in [0.25, 0.3) is 0 Å². The van der Waals surface area contributed by atoms with Gasteiger partial charge in [-0.3, -0.25) is 0 Å². The summed E-state index contributed by atoms with van der Waals surface area (Å²) in [6.45, 7) is 2.05. The molecule has 1 fully saturated rings. The summed E-state index contributed by atoms with van der Waals surface area (Å²) in [5.41, 5.74) is 1.11. The molecular formula is C12H20N4. The van der Waals surface area contributed by atoms with Gasteiger partial charge in [0.05, 0.1) is 0 Å². The van der Waals surface area contributed by atoms with Gasteiger partial charge in [-0.25, -0.2) is 9.97 Å². The van der Waals surface area contributed by atoms with Gasteiger partial charge in [-0.1, -0.05) is 19.3 Å². The van der Waals surface area contributed by atoms with Crippen LogP contribution in [0.2, 0.25) is 0 Å². The second kappa shape index (κ2) is 5.14. The standard InChI is InChI=1S/C12H20N4/c1-9-11(13-2)14-8-15-12(9)16-10-6-4-3-5-7-10/h8,10H,3-7H2,1-2H3,(H2,13,14,15,16). The second-order valence-corrected chi connectivity index (χ2v) is 4.43. The molecule has 88 valence electrons. The average Bonchev–Trinajstić information content (AvgIpc) is 2.33. The topological polar surface area (TPSA) is 49.8 Å². The number of rotatable bonds is 3. The molecule has 0 bridgehead atoms. The van der Waals surface area contributed by atoms with Crippen LogP contribution in [0.4, 0.5) is 11.6 Å². The van der Waals surface area contributed by atoms with Crippen LogP contribution in [-0.4, -0.2) is 23.1 Å². The third-order valence-corrected chi connectivity index (χ3v) is 3.27. The molecular weight excluding hydrogens is 200 g/mol. The van der Waals surface area contributed by atoms with E-state index in [-0.39, 0.29) is 0 Å². The SMILES string of the molecule is CNc1ncnc(NC2CCCCC2)c1C. The van der Waals surface area contributed by atoms with Gasteiger partial charge in [0.1, 0.15) is 18.0 Å². The number of hydrogen-bond donors (Lipinski definition) is 2. The highest BCUT2D eigenvalue weighted by Gasteiger charge is 2.15. The van der Waals surface area contributed by atoms with Gasteiger partial charge < -0.3 is 10.6 Å². The third kappa shape index (κ3) is 2.43. The summed E-state index contributed by atoms with van der Waals surface area (Å²) in [6.07, 6.45) is 8.19. The van der Waals surface area contributed by atoms with Crippen molar-refractivity contribution in [2.75, 3.05) is 17.7 Å². The fraction of sp³-hybridized carbons (Fsp3) is 0.667. The Morgan fingerprint density at radius 3 is 2.50 bits per heavy atom. The molecule has 2 N–H and O–H groups in total. The van der Waals surface area contributed by atoms with E-state index in [1.165, 1.54) is 32.1 Å². The van der Waals surface area contributed by atoms with Gasteiger partial charge >= 0.3 is 0 Å². The van der Waals surface area contributed by atoms with E-state index in [4.69, 9.17) is 0 Å². The summed E-state index contributed by atoms with van der Waals surface area (Å²) >= 11 is 0. The second-order valence-electron chi connectivity index (χ2n) is 4.43. The summed E-state index contributed by atoms with van der Waals surface area (Å²) < 4.78 is 0. The van der Waals surface area contributed by atoms with Gasteiger partial charge in [-0.2, -0.15) is 0 Å². The van der Waals surface area contributed by atoms with Crippen LogP contribution in [0.15, 0.2) is 6.33 Å². The molecule has 4 heteroatoms. The van der Waals surface area contributed by atoms with Gasteiger partial charge in [-0.05, 0) is 19.8 Å². The Labute approximate surface area is 96.9 Å². The van der Waals surface area contributed by atoms with E-state index in [1.54, 1.807) is 6.33 Å². The molecule has 0 amide bonds. The van der Waals surface area contributed by atoms with E-state index in [0.29, 0.717) is 6.04 Å². The quantitative estimate of drug-likeness (QED) is 0.822. The molecule has 2 rings (SSSR count). The summed E-state index contributed by atoms with van der Waals surface area (Å²) in [5, 5.41) is 6.61. The first-order valence-corrected chi connectivity index (χ1v) is 6.07. The van der Waals surface area contributed by atoms with Crippen molar-refractivity contribution in [3.05, 3.63) is 11.9 Å². The van der Waals surface area contributed by atoms with Crippen LogP contribution in [0.25, 0.3) is 0 Å². The molecule has 0 unspecified atom stereocenters. The van der Waals surface area contributed by atoms with Crippen LogP contribution in [0, 0.1) is 6.92 Å². The molecule has 1 heterocycles. The lowest BCUT2D eigenvalue weighted by atomic mass is 9.95. The Kier molecular flexibility index (Phi) is 3.59. The normalized spacial score (nSPS) is 17.1. The van der Waals surface area contributed by atoms with E-state index in [9.17, 15) is 0 Å². The fourth-order valence-corrected chi connectivity index (χ4v) is 2.29. The minimum atomic E-state index is 0.590. The van der Waals surface area contributed by atoms with E-state index in [0.717, 1.165) is 17.2 Å². The molecule has 0 saturated heterocycles. The summed E-state index contributed by atoms with van der Waals surface area (Å²) in [5.74, 6) is 1.89. The van der Waals surface area contributed by atoms with Crippen molar-refractivity contribution in [2.24, 2.45) is 0 Å². The van der Waals surface area contributed by atoms with Gasteiger partial charge in [0.2, 0.25) is 0 Å². The van der Waals surface area contributed by atoms with Crippen LogP contribution < -0.4 is 10.6 Å². The van der Waals surface area contributed by atoms with Gasteiger partial charge in [-0.15, -0.1) is 0 Å². The zero-order valence-corrected chi connectivity index (χ0v) is 10.1. The fourth-order valence-electron chi connectivity index (χ4n) is 2.29. The first kappa shape index (κ1) is 11.2. The van der Waals surface area contributed by atoms with Crippen LogP contribution >= 0.6 is 0 Å². The monoisotopic (exact) mass is 220 g/mol. The maximum Gasteiger partial charge on any atom is 0.134 e. The minimum Gasteiger partial charge on any atom is -0.373 e. The minimum absolute atomic E-state index is 0.590. The number of hydrogen-bond acceptors (Lipinski definition) is 4. The Morgan fingerprint density at radius 2 is 1.81 bits per heavy atom. The Bertz CT molecular complexity index is 345. The van der Waals surface area contributed by atoms with E-state index < -0.39 is 0 Å². The number of nitrogens with zero attached hydrogens (tertiary/aromatic N) is 2. The Hall–Kier alpha value is -1.32. The third-order valence-electron chi connectivity index (χ3n) is 3.27. The smallest absolute Gasteiger partial charge is 0.134 e. The maximum absolute atomic E-state index is 4.32. The molecule has 1 saturated carbocycles. The van der Waals surface area contributed by atoms with E-state index in [1.807, 2.05) is 7.05 Å². The predicted octanol–water partition coefficient (Wildman–Crippen LogP) is 2.57. The lowest BCUT2D eigenvalue weighted by Gasteiger charge is -2.24. The van der Waals surface area contributed by atoms with Crippen molar-refractivity contribution in [1.82, 2.24) is 9.97 Å². The zero-order chi connectivity index (χ0) is 11.4. The Balaban J connectivity index is 2.08. The lowest BCUT2D eigenvalue weighted by molar-refractivity contribution is 0.461. The van der Waals surface area contributed by atoms with Crippen molar-refractivity contribution >= 4 is 11.6 Å². The molecule has 0 atom stereocenters. The van der Waals surface area contributed by atoms with Crippen molar-refractivity contribution in [1.29, 1.82) is 0 Å². The molecule has 0 radical (unpaired) electrons. The van der Waals surface area contributed by atoms with Gasteiger partial charge in [0, 0.05) is 18.7 Å². The van der Waals surface area contributed by atoms with Crippen molar-refractivity contribution < 1.29 is 0 Å². The molecule has 0 spiro atoms. The lowest BCUT2D eigenvalue weighted by Crippen LogP contribution is -2.23. The highest BCUT2D eigenvalue weighted by molar-refractivity contribution is 5.56. The Morgan fingerprint density at radius 1 is 1.12 bits per heavy atom. The number of nitrogens with one attached hydrogen (secondary N) is 2. The summed E-state index contributed by atoms with van der Waals surface area (Å²) in [6, 6.07) is 0.590. The molecule has 16 heavy (non-hydrogen) atoms. The van der Waals surface area contributed by atoms with Crippen LogP contribution in [0.1, 0.15) is 37.7 Å². The first-order valence-electron chi connectivity index (χ1n) is 6.07. The number of anilines is 2. The van der Waals surface area contributed by atoms with Crippen molar-refractivity contribution in [3.8, 4) is 0 Å². The average molecular weight is 220 g/mol. The first-order chi connectivity index (χ1) is 7.81. The molecule has 1 aliphatic rings. The van der Waals surface area contributed by atoms with Crippen molar-refractivity contribution in [2.45, 2.75) is 45.1 Å². The molecule has 1 aromatic heterocycles. The predicted molar refractivity (Wildman–Crippen MR) is 66.8 cm³/mol. The van der Waals surface area contributed by atoms with Crippen LogP contribution in [0.5, 0.6) is 0 Å². The summed E-state index contributed by atoms with van der Waals surface area (Å²) in [4.78, 5) is 8.51. The molecule has 0 aliphatic heterocycles. The number of aromatic nitrogens is 2. The van der Waals surface area contributed by atoms with Crippen molar-refractivity contribution in [3.63, 3.8) is 0 Å². The van der Waals surface area contributed by atoms with Crippen LogP contribution in [-0.2, 0) is 0 Å². The molecule has 4 nitrogen and oxygen atoms in total. The summed E-state index contributed by atoms with van der Waals surface area (Å²) in [7, 11) is 1.89. The highest BCUT2D eigenvalue weighted by Crippen LogP contribution is 2.24. The largest absolute Gasteiger partial charge is 0.373 e. The maximum atomic E-state index is 4.32. The molecule has 1 aliphatic carbocycles. The van der Waals surface area contributed by atoms with E-state index >= 15 is 0 Å². The van der Waals surface area contributed by atoms with E-state index in [2.05, 4.69) is 27.5 Å². The molecule has 1 aromatic rings. The van der Waals surface area contributed by atoms with Gasteiger partial charge in [0.15, 0.2) is 0 Å². The van der Waals surface area contributed by atoms with Crippen LogP contribution in [0.3, 0.4) is 0 Å². The highest BCUT2D eigenvalue weighted by atomic mass is 15.1.